The van der Waals surface area contributed by atoms with Crippen molar-refractivity contribution >= 4 is 11.9 Å². The number of carbonyl (C=O) groups excluding carboxylic acids is 2. The zero-order valence-corrected chi connectivity index (χ0v) is 37.3. The summed E-state index contributed by atoms with van der Waals surface area (Å²) in [6.45, 7) is 16.2. The van der Waals surface area contributed by atoms with Crippen molar-refractivity contribution in [2.75, 3.05) is 13.2 Å². The van der Waals surface area contributed by atoms with Crippen LogP contribution in [0.1, 0.15) is 120 Å². The quantitative estimate of drug-likeness (QED) is 0.129. The van der Waals surface area contributed by atoms with Crippen molar-refractivity contribution < 1.29 is 78.5 Å². The summed E-state index contributed by atoms with van der Waals surface area (Å²) in [4.78, 5) is 24.1. The highest BCUT2D eigenvalue weighted by Crippen LogP contribution is 2.89. The van der Waals surface area contributed by atoms with E-state index < -0.39 is 109 Å². The predicted octanol–water partition coefficient (Wildman–Crippen LogP) is 1.87. The molecule has 0 bridgehead atoms. The zero-order chi connectivity index (χ0) is 44.6. The first kappa shape index (κ1) is 46.0. The van der Waals surface area contributed by atoms with Crippen LogP contribution >= 0.6 is 0 Å². The highest BCUT2D eigenvalue weighted by molar-refractivity contribution is 5.67. The molecule has 2 spiro atoms. The van der Waals surface area contributed by atoms with Gasteiger partial charge in [0.15, 0.2) is 24.8 Å². The molecular formula is C45H72O16. The molecule has 7 N–H and O–H groups in total. The van der Waals surface area contributed by atoms with Gasteiger partial charge in [0.2, 0.25) is 0 Å². The van der Waals surface area contributed by atoms with Gasteiger partial charge in [-0.05, 0) is 117 Å². The number of fused-ring (bicyclic) bond motifs is 2. The monoisotopic (exact) mass is 868 g/mol. The molecular weight excluding hydrogens is 796 g/mol. The lowest BCUT2D eigenvalue weighted by atomic mass is 9.41. The Morgan fingerprint density at radius 2 is 1.44 bits per heavy atom. The van der Waals surface area contributed by atoms with Crippen molar-refractivity contribution in [2.24, 2.45) is 44.8 Å². The molecule has 0 aromatic carbocycles. The van der Waals surface area contributed by atoms with Gasteiger partial charge in [0.05, 0.1) is 48.8 Å². The van der Waals surface area contributed by atoms with E-state index in [9.17, 15) is 45.3 Å². The van der Waals surface area contributed by atoms with Crippen LogP contribution in [0.2, 0.25) is 0 Å². The number of aliphatic hydroxyl groups excluding tert-OH is 6. The summed E-state index contributed by atoms with van der Waals surface area (Å²) in [6, 6.07) is 0. The molecule has 5 saturated carbocycles. The molecule has 8 rings (SSSR count). The first-order chi connectivity index (χ1) is 28.3. The maximum atomic E-state index is 12.3. The molecule has 16 nitrogen and oxygen atoms in total. The van der Waals surface area contributed by atoms with Gasteiger partial charge < -0.3 is 68.9 Å². The molecule has 21 atom stereocenters. The van der Waals surface area contributed by atoms with Crippen LogP contribution in [0.25, 0.3) is 0 Å². The predicted molar refractivity (Wildman–Crippen MR) is 213 cm³/mol. The first-order valence-corrected chi connectivity index (χ1v) is 22.6. The van der Waals surface area contributed by atoms with Crippen LogP contribution < -0.4 is 0 Å². The summed E-state index contributed by atoms with van der Waals surface area (Å²) >= 11 is 0. The van der Waals surface area contributed by atoms with E-state index in [0.717, 1.165) is 32.1 Å². The normalized spacial score (nSPS) is 53.8. The van der Waals surface area contributed by atoms with Gasteiger partial charge >= 0.3 is 11.9 Å². The minimum Gasteiger partial charge on any atom is -0.457 e. The van der Waals surface area contributed by atoms with Crippen molar-refractivity contribution in [3.05, 3.63) is 0 Å². The molecule has 0 aromatic rings. The fraction of sp³-hybridized carbons (Fsp3) is 0.956. The fourth-order valence-corrected chi connectivity index (χ4v) is 15.5. The van der Waals surface area contributed by atoms with Crippen LogP contribution in [0.3, 0.4) is 0 Å². The van der Waals surface area contributed by atoms with Crippen LogP contribution in [0.5, 0.6) is 0 Å². The highest BCUT2D eigenvalue weighted by Gasteiger charge is 2.85. The number of esters is 2. The lowest BCUT2D eigenvalue weighted by Crippen LogP contribution is -2.65. The van der Waals surface area contributed by atoms with Crippen LogP contribution in [0.15, 0.2) is 0 Å². The number of aliphatic hydroxyl groups is 7. The number of rotatable bonds is 9. The fourth-order valence-electron chi connectivity index (χ4n) is 15.5. The van der Waals surface area contributed by atoms with Gasteiger partial charge in [-0.2, -0.15) is 0 Å². The molecule has 0 unspecified atom stereocenters. The average Bonchev–Trinajstić information content (AvgIpc) is 3.52. The SMILES string of the molecule is CC(=O)O[C@H]1[C@H](O[C@H]2CC[C@]34C[C@]35CC[C@]3(C)[C@@H]([C@@]6(C)CC[C@H](C(C)(C)O)O6)[C@@H](O)C[C@@]3(C)[C@@H]5C[C@@H](O[C@@H]3O[C@H](CO)[C@@H](O)[C@H](O)[C@H]3O)[C@@H]4C2(C)C)OC[C@@H](OC(C)=O)[C@@H]1O. The molecule has 8 fully saturated rings. The number of ether oxygens (including phenoxy) is 7. The van der Waals surface area contributed by atoms with E-state index in [0.29, 0.717) is 25.7 Å². The Balaban J connectivity index is 1.14. The smallest absolute Gasteiger partial charge is 0.303 e. The van der Waals surface area contributed by atoms with Crippen LogP contribution in [-0.4, -0.2) is 152 Å². The Labute approximate surface area is 358 Å². The van der Waals surface area contributed by atoms with Gasteiger partial charge in [-0.25, -0.2) is 0 Å². The van der Waals surface area contributed by atoms with Gasteiger partial charge in [-0.1, -0.05) is 27.7 Å². The number of carbonyl (C=O) groups is 2. The highest BCUT2D eigenvalue weighted by atomic mass is 16.7. The molecule has 16 heteroatoms. The molecule has 0 aromatic heterocycles. The Morgan fingerprint density at radius 3 is 2.07 bits per heavy atom. The van der Waals surface area contributed by atoms with Crippen molar-refractivity contribution in [3.8, 4) is 0 Å². The number of hydrogen-bond donors (Lipinski definition) is 7. The molecule has 0 amide bonds. The second kappa shape index (κ2) is 15.3. The summed E-state index contributed by atoms with van der Waals surface area (Å²) in [7, 11) is 0. The molecule has 3 heterocycles. The average molecular weight is 869 g/mol. The Hall–Kier alpha value is -1.54. The van der Waals surface area contributed by atoms with Crippen LogP contribution in [0, 0.1) is 44.8 Å². The van der Waals surface area contributed by atoms with E-state index in [1.54, 1.807) is 13.8 Å². The summed E-state index contributed by atoms with van der Waals surface area (Å²) in [5.41, 5.74) is -3.44. The van der Waals surface area contributed by atoms with E-state index in [1.807, 2.05) is 0 Å². The molecule has 3 saturated heterocycles. The molecule has 8 aliphatic rings. The third kappa shape index (κ3) is 6.89. The zero-order valence-electron chi connectivity index (χ0n) is 37.3. The second-order valence-corrected chi connectivity index (χ2v) is 22.2. The Bertz CT molecular complexity index is 1680. The maximum absolute atomic E-state index is 12.3. The molecule has 5 aliphatic carbocycles. The lowest BCUT2D eigenvalue weighted by molar-refractivity contribution is -0.339. The molecule has 61 heavy (non-hydrogen) atoms. The molecule has 348 valence electrons. The Morgan fingerprint density at radius 1 is 0.754 bits per heavy atom. The molecule has 0 radical (unpaired) electrons. The third-order valence-corrected chi connectivity index (χ3v) is 18.2. The second-order valence-electron chi connectivity index (χ2n) is 22.2. The Kier molecular flexibility index (Phi) is 11.5. The van der Waals surface area contributed by atoms with E-state index in [4.69, 9.17) is 33.2 Å². The first-order valence-electron chi connectivity index (χ1n) is 22.6. The van der Waals surface area contributed by atoms with Crippen molar-refractivity contribution in [3.63, 3.8) is 0 Å². The lowest BCUT2D eigenvalue weighted by Gasteiger charge is -2.65. The van der Waals surface area contributed by atoms with E-state index in [1.165, 1.54) is 13.8 Å². The van der Waals surface area contributed by atoms with Crippen LogP contribution in [-0.2, 0) is 42.7 Å². The van der Waals surface area contributed by atoms with Gasteiger partial charge in [0, 0.05) is 19.8 Å². The molecule has 3 aliphatic heterocycles. The van der Waals surface area contributed by atoms with Crippen LogP contribution in [0.4, 0.5) is 0 Å². The number of hydrogen-bond acceptors (Lipinski definition) is 16. The van der Waals surface area contributed by atoms with E-state index in [-0.39, 0.29) is 52.1 Å². The minimum absolute atomic E-state index is 0.0660. The maximum Gasteiger partial charge on any atom is 0.303 e. The standard InChI is InChI=1S/C45H72O16/c1-21(47)56-26-19-55-38(34(31(26)51)57-22(2)48)60-28-11-13-45-20-44(45)15-14-41(7)35(43(9)12-10-29(61-43)40(5,6)54)23(49)17-42(41,8)27(44)16-24(36(45)39(28,3)4)58-37-33(53)32(52)30(50)25(18-46)59-37/h23-38,46,49-54H,10-20H2,1-9H3/t23-,24+,25+,26+,27-,28-,29+,30+,31-,32-,33+,34+,35-,36+,37+,38-,41+,42-,43+,44-,45+/m0/s1. The third-order valence-electron chi connectivity index (χ3n) is 18.2. The summed E-state index contributed by atoms with van der Waals surface area (Å²) in [5.74, 6) is -1.62. The van der Waals surface area contributed by atoms with Crippen molar-refractivity contribution in [2.45, 2.75) is 211 Å². The summed E-state index contributed by atoms with van der Waals surface area (Å²) in [5, 5.41) is 77.6. The van der Waals surface area contributed by atoms with Gasteiger partial charge in [-0.15, -0.1) is 0 Å². The summed E-state index contributed by atoms with van der Waals surface area (Å²) in [6.07, 6.45) is -7.81. The largest absolute Gasteiger partial charge is 0.457 e. The van der Waals surface area contributed by atoms with Gasteiger partial charge in [0.25, 0.3) is 0 Å². The van der Waals surface area contributed by atoms with Crippen molar-refractivity contribution in [1.82, 2.24) is 0 Å². The van der Waals surface area contributed by atoms with Gasteiger partial charge in [0.1, 0.15) is 30.5 Å². The minimum atomic E-state index is -1.63. The van der Waals surface area contributed by atoms with Gasteiger partial charge in [-0.3, -0.25) is 9.59 Å². The van der Waals surface area contributed by atoms with Crippen molar-refractivity contribution in [1.29, 1.82) is 0 Å². The topological polar surface area (TPSA) is 240 Å². The van der Waals surface area contributed by atoms with E-state index >= 15 is 0 Å². The van der Waals surface area contributed by atoms with E-state index in [2.05, 4.69) is 34.6 Å². The summed E-state index contributed by atoms with van der Waals surface area (Å²) < 4.78 is 43.4.